The molecule has 0 saturated carbocycles. The molecule has 4 heteroatoms. The molecule has 1 aromatic rings. The molecule has 0 aliphatic rings. The van der Waals surface area contributed by atoms with Crippen LogP contribution in [0.25, 0.3) is 0 Å². The maximum Gasteiger partial charge on any atom is 0.133 e. The molecule has 66 valence electrons. The Balaban J connectivity index is 3.22. The third-order valence-electron chi connectivity index (χ3n) is 1.64. The summed E-state index contributed by atoms with van der Waals surface area (Å²) in [5.41, 5.74) is 0.621. The number of oxime groups is 1. The number of hydrogen-bond acceptors (Lipinski definition) is 3. The number of nitriles is 1. The minimum absolute atomic E-state index is 0.182. The van der Waals surface area contributed by atoms with Crippen molar-refractivity contribution in [1.29, 1.82) is 5.26 Å². The molecule has 0 unspecified atom stereocenters. The van der Waals surface area contributed by atoms with Crippen molar-refractivity contribution in [3.05, 3.63) is 35.1 Å². The van der Waals surface area contributed by atoms with Gasteiger partial charge in [-0.15, -0.1) is 0 Å². The van der Waals surface area contributed by atoms with Gasteiger partial charge in [-0.05, 0) is 25.1 Å². The lowest BCUT2D eigenvalue weighted by atomic mass is 10.1. The van der Waals surface area contributed by atoms with E-state index in [2.05, 4.69) is 5.16 Å². The van der Waals surface area contributed by atoms with Gasteiger partial charge in [-0.1, -0.05) is 5.16 Å². The molecule has 0 spiro atoms. The third kappa shape index (κ3) is 1.82. The normalized spacial score (nSPS) is 11.0. The lowest BCUT2D eigenvalue weighted by molar-refractivity contribution is 0.319. The zero-order valence-electron chi connectivity index (χ0n) is 6.95. The van der Waals surface area contributed by atoms with Crippen LogP contribution in [0.1, 0.15) is 18.1 Å². The minimum Gasteiger partial charge on any atom is -0.411 e. The first kappa shape index (κ1) is 9.20. The molecule has 1 N–H and O–H groups in total. The van der Waals surface area contributed by atoms with Crippen LogP contribution in [0.5, 0.6) is 0 Å². The Labute approximate surface area is 74.7 Å². The highest BCUT2D eigenvalue weighted by molar-refractivity contribution is 5.98. The van der Waals surface area contributed by atoms with E-state index in [0.717, 1.165) is 6.07 Å². The predicted molar refractivity (Wildman–Crippen MR) is 45.1 cm³/mol. The highest BCUT2D eigenvalue weighted by Crippen LogP contribution is 2.10. The van der Waals surface area contributed by atoms with E-state index in [0.29, 0.717) is 0 Å². The van der Waals surface area contributed by atoms with Gasteiger partial charge in [-0.25, -0.2) is 4.39 Å². The molecule has 0 heterocycles. The van der Waals surface area contributed by atoms with Crippen molar-refractivity contribution in [3.63, 3.8) is 0 Å². The van der Waals surface area contributed by atoms with Crippen molar-refractivity contribution in [3.8, 4) is 6.07 Å². The Bertz CT molecular complexity index is 393. The Morgan fingerprint density at radius 1 is 1.62 bits per heavy atom. The summed E-state index contributed by atoms with van der Waals surface area (Å²) in [4.78, 5) is 0. The molecule has 0 amide bonds. The third-order valence-corrected chi connectivity index (χ3v) is 1.64. The van der Waals surface area contributed by atoms with E-state index in [-0.39, 0.29) is 16.8 Å². The van der Waals surface area contributed by atoms with Gasteiger partial charge in [-0.2, -0.15) is 5.26 Å². The van der Waals surface area contributed by atoms with Gasteiger partial charge in [0.2, 0.25) is 0 Å². The van der Waals surface area contributed by atoms with Gasteiger partial charge >= 0.3 is 0 Å². The van der Waals surface area contributed by atoms with Crippen molar-refractivity contribution in [2.45, 2.75) is 6.92 Å². The number of halogens is 1. The Hall–Kier alpha value is -1.89. The standard InChI is InChI=1S/C9H7FN2O/c1-6(12-13)8-3-2-7(5-11)4-9(8)10/h2-4,13H,1H3/b12-6+. The summed E-state index contributed by atoms with van der Waals surface area (Å²) in [6.45, 7) is 1.48. The average Bonchev–Trinajstić information content (AvgIpc) is 2.16. The fourth-order valence-corrected chi connectivity index (χ4v) is 0.932. The Kier molecular flexibility index (Phi) is 2.60. The zero-order valence-corrected chi connectivity index (χ0v) is 6.95. The second-order valence-corrected chi connectivity index (χ2v) is 2.49. The summed E-state index contributed by atoms with van der Waals surface area (Å²) >= 11 is 0. The monoisotopic (exact) mass is 178 g/mol. The van der Waals surface area contributed by atoms with Crippen molar-refractivity contribution in [2.75, 3.05) is 0 Å². The fourth-order valence-electron chi connectivity index (χ4n) is 0.932. The fraction of sp³-hybridized carbons (Fsp3) is 0.111. The molecule has 0 saturated heterocycles. The average molecular weight is 178 g/mol. The molecule has 1 rings (SSSR count). The van der Waals surface area contributed by atoms with Crippen LogP contribution < -0.4 is 0 Å². The zero-order chi connectivity index (χ0) is 9.84. The van der Waals surface area contributed by atoms with E-state index in [1.165, 1.54) is 19.1 Å². The summed E-state index contributed by atoms with van der Waals surface area (Å²) in [5, 5.41) is 19.7. The summed E-state index contributed by atoms with van der Waals surface area (Å²) in [6, 6.07) is 5.78. The van der Waals surface area contributed by atoms with Crippen molar-refractivity contribution in [2.24, 2.45) is 5.16 Å². The molecule has 0 bridgehead atoms. The van der Waals surface area contributed by atoms with Crippen LogP contribution in [0.15, 0.2) is 23.4 Å². The molecule has 0 aliphatic carbocycles. The topological polar surface area (TPSA) is 56.4 Å². The number of benzene rings is 1. The molecule has 0 atom stereocenters. The molecule has 1 aromatic carbocycles. The van der Waals surface area contributed by atoms with E-state index < -0.39 is 5.82 Å². The summed E-state index contributed by atoms with van der Waals surface area (Å²) in [6.07, 6.45) is 0. The molecule has 0 fully saturated rings. The highest BCUT2D eigenvalue weighted by atomic mass is 19.1. The van der Waals surface area contributed by atoms with Gasteiger partial charge in [0.05, 0.1) is 17.3 Å². The van der Waals surface area contributed by atoms with Gasteiger partial charge < -0.3 is 5.21 Å². The largest absolute Gasteiger partial charge is 0.411 e. The van der Waals surface area contributed by atoms with Gasteiger partial charge in [-0.3, -0.25) is 0 Å². The molecule has 13 heavy (non-hydrogen) atoms. The first-order chi connectivity index (χ1) is 6.19. The van der Waals surface area contributed by atoms with Crippen LogP contribution in [-0.2, 0) is 0 Å². The lowest BCUT2D eigenvalue weighted by Gasteiger charge is -1.99. The van der Waals surface area contributed by atoms with Crippen LogP contribution >= 0.6 is 0 Å². The first-order valence-electron chi connectivity index (χ1n) is 3.57. The predicted octanol–water partition coefficient (Wildman–Crippen LogP) is 1.90. The van der Waals surface area contributed by atoms with E-state index >= 15 is 0 Å². The van der Waals surface area contributed by atoms with Gasteiger partial charge in [0.25, 0.3) is 0 Å². The van der Waals surface area contributed by atoms with Crippen molar-refractivity contribution in [1.82, 2.24) is 0 Å². The molecule has 3 nitrogen and oxygen atoms in total. The summed E-state index contributed by atoms with van der Waals surface area (Å²) in [5.74, 6) is -0.561. The van der Waals surface area contributed by atoms with Crippen LogP contribution in [-0.4, -0.2) is 10.9 Å². The van der Waals surface area contributed by atoms with Crippen molar-refractivity contribution >= 4 is 5.71 Å². The van der Waals surface area contributed by atoms with Crippen LogP contribution in [0.4, 0.5) is 4.39 Å². The van der Waals surface area contributed by atoms with E-state index in [1.54, 1.807) is 0 Å². The van der Waals surface area contributed by atoms with E-state index in [1.807, 2.05) is 6.07 Å². The van der Waals surface area contributed by atoms with Gasteiger partial charge in [0.1, 0.15) is 5.82 Å². The quantitative estimate of drug-likeness (QED) is 0.405. The lowest BCUT2D eigenvalue weighted by Crippen LogP contribution is -1.98. The number of nitrogens with zero attached hydrogens (tertiary/aromatic N) is 2. The van der Waals surface area contributed by atoms with E-state index in [9.17, 15) is 4.39 Å². The summed E-state index contributed by atoms with van der Waals surface area (Å²) < 4.78 is 13.1. The van der Waals surface area contributed by atoms with Crippen LogP contribution in [0.2, 0.25) is 0 Å². The van der Waals surface area contributed by atoms with Crippen molar-refractivity contribution < 1.29 is 9.60 Å². The molecule has 0 radical (unpaired) electrons. The maximum absolute atomic E-state index is 13.1. The summed E-state index contributed by atoms with van der Waals surface area (Å²) in [7, 11) is 0. The van der Waals surface area contributed by atoms with E-state index in [4.69, 9.17) is 10.5 Å². The Morgan fingerprint density at radius 3 is 2.77 bits per heavy atom. The molecular weight excluding hydrogens is 171 g/mol. The van der Waals surface area contributed by atoms with Gasteiger partial charge in [0, 0.05) is 5.56 Å². The first-order valence-corrected chi connectivity index (χ1v) is 3.57. The van der Waals surface area contributed by atoms with Crippen LogP contribution in [0, 0.1) is 17.1 Å². The molecule has 0 aliphatic heterocycles. The maximum atomic E-state index is 13.1. The number of rotatable bonds is 1. The SMILES string of the molecule is C/C(=N\O)c1ccc(C#N)cc1F. The molecular formula is C9H7FN2O. The Morgan fingerprint density at radius 2 is 2.31 bits per heavy atom. The number of hydrogen-bond donors (Lipinski definition) is 1. The highest BCUT2D eigenvalue weighted by Gasteiger charge is 2.06. The second-order valence-electron chi connectivity index (χ2n) is 2.49. The second kappa shape index (κ2) is 3.68. The minimum atomic E-state index is -0.561. The molecule has 0 aromatic heterocycles. The van der Waals surface area contributed by atoms with Crippen LogP contribution in [0.3, 0.4) is 0 Å². The smallest absolute Gasteiger partial charge is 0.133 e. The van der Waals surface area contributed by atoms with Gasteiger partial charge in [0.15, 0.2) is 0 Å².